The fourth-order valence-corrected chi connectivity index (χ4v) is 6.80. The van der Waals surface area contributed by atoms with Crippen molar-refractivity contribution >= 4 is 33.9 Å². The topological polar surface area (TPSA) is 99.8 Å². The van der Waals surface area contributed by atoms with E-state index in [0.717, 1.165) is 30.0 Å². The number of anilines is 1. The lowest BCUT2D eigenvalue weighted by Crippen LogP contribution is -2.52. The fraction of sp³-hybridized carbons (Fsp3) is 0.393. The Morgan fingerprint density at radius 3 is 2.32 bits per heavy atom. The Balaban J connectivity index is 1.20. The molecule has 1 aromatic carbocycles. The van der Waals surface area contributed by atoms with Gasteiger partial charge in [0.2, 0.25) is 15.9 Å². The Morgan fingerprint density at radius 1 is 0.947 bits per heavy atom. The van der Waals surface area contributed by atoms with E-state index in [1.54, 1.807) is 19.2 Å². The second-order valence-corrected chi connectivity index (χ2v) is 11.8. The van der Waals surface area contributed by atoms with Gasteiger partial charge in [-0.25, -0.2) is 13.4 Å². The van der Waals surface area contributed by atoms with Crippen LogP contribution in [0.1, 0.15) is 35.4 Å². The number of pyridine rings is 1. The van der Waals surface area contributed by atoms with Crippen LogP contribution in [0, 0.1) is 19.8 Å². The number of benzene rings is 1. The molecule has 38 heavy (non-hydrogen) atoms. The summed E-state index contributed by atoms with van der Waals surface area (Å²) >= 11 is 0. The summed E-state index contributed by atoms with van der Waals surface area (Å²) in [4.78, 5) is 21.8. The quantitative estimate of drug-likeness (QED) is 0.475. The van der Waals surface area contributed by atoms with E-state index in [9.17, 15) is 13.2 Å². The van der Waals surface area contributed by atoms with Gasteiger partial charge in [0.15, 0.2) is 10.7 Å². The third-order valence-electron chi connectivity index (χ3n) is 7.30. The van der Waals surface area contributed by atoms with Crippen LogP contribution in [0.5, 0.6) is 0 Å². The van der Waals surface area contributed by atoms with E-state index in [0.29, 0.717) is 44.7 Å². The van der Waals surface area contributed by atoms with Crippen LogP contribution >= 0.6 is 0 Å². The van der Waals surface area contributed by atoms with Crippen LogP contribution in [0.15, 0.2) is 58.1 Å². The van der Waals surface area contributed by atoms with Crippen molar-refractivity contribution in [3.63, 3.8) is 0 Å². The average Bonchev–Trinajstić information content (AvgIpc) is 3.34. The molecule has 1 amide bonds. The highest BCUT2D eigenvalue weighted by Gasteiger charge is 2.37. The van der Waals surface area contributed by atoms with Crippen molar-refractivity contribution in [2.75, 3.05) is 44.2 Å². The van der Waals surface area contributed by atoms with Crippen LogP contribution in [0.3, 0.4) is 0 Å². The molecule has 4 heterocycles. The number of rotatable bonds is 6. The Morgan fingerprint density at radius 2 is 1.66 bits per heavy atom. The number of amides is 1. The molecule has 0 spiro atoms. The van der Waals surface area contributed by atoms with E-state index in [4.69, 9.17) is 4.52 Å². The maximum atomic E-state index is 13.6. The van der Waals surface area contributed by atoms with Crippen LogP contribution in [-0.2, 0) is 14.8 Å². The molecule has 0 bridgehead atoms. The zero-order valence-electron chi connectivity index (χ0n) is 21.8. The Labute approximate surface area is 223 Å². The molecule has 3 aromatic rings. The average molecular weight is 536 g/mol. The molecule has 5 rings (SSSR count). The van der Waals surface area contributed by atoms with E-state index >= 15 is 0 Å². The summed E-state index contributed by atoms with van der Waals surface area (Å²) in [5, 5.41) is 3.94. The minimum Gasteiger partial charge on any atom is -0.355 e. The lowest BCUT2D eigenvalue weighted by molar-refractivity contribution is -0.137. The number of carbonyl (C=O) groups excluding carboxylic acids is 1. The maximum absolute atomic E-state index is 13.6. The molecule has 2 aliphatic rings. The first-order valence-electron chi connectivity index (χ1n) is 13.0. The highest BCUT2D eigenvalue weighted by atomic mass is 32.2. The van der Waals surface area contributed by atoms with Gasteiger partial charge in [-0.15, -0.1) is 0 Å². The van der Waals surface area contributed by atoms with Crippen LogP contribution in [0.4, 0.5) is 5.82 Å². The molecule has 0 unspecified atom stereocenters. The standard InChI is InChI=1S/C28H33N5O4S/c1-21-6-8-23(9-7-21)10-11-25-27(22(2)30-37-25)38(35,36)33-15-12-24(13-16-33)28(34)32-19-17-31(18-20-32)26-5-3-4-14-29-26/h3-11,14,24H,12-13,15-20H2,1-2H3/b11-10+. The summed E-state index contributed by atoms with van der Waals surface area (Å²) in [7, 11) is -3.82. The molecular weight excluding hydrogens is 502 g/mol. The van der Waals surface area contributed by atoms with Gasteiger partial charge in [-0.3, -0.25) is 4.79 Å². The Hall–Kier alpha value is -3.50. The van der Waals surface area contributed by atoms with E-state index < -0.39 is 10.0 Å². The molecule has 0 aliphatic carbocycles. The van der Waals surface area contributed by atoms with Crippen molar-refractivity contribution in [1.82, 2.24) is 19.3 Å². The van der Waals surface area contributed by atoms with Gasteiger partial charge in [-0.1, -0.05) is 47.1 Å². The number of sulfonamides is 1. The summed E-state index contributed by atoms with van der Waals surface area (Å²) in [6, 6.07) is 13.8. The highest BCUT2D eigenvalue weighted by molar-refractivity contribution is 7.89. The van der Waals surface area contributed by atoms with Crippen molar-refractivity contribution in [2.24, 2.45) is 5.92 Å². The molecule has 2 aromatic heterocycles. The third kappa shape index (κ3) is 5.51. The van der Waals surface area contributed by atoms with Crippen LogP contribution < -0.4 is 4.90 Å². The van der Waals surface area contributed by atoms with Gasteiger partial charge in [0.1, 0.15) is 11.5 Å². The predicted molar refractivity (Wildman–Crippen MR) is 146 cm³/mol. The van der Waals surface area contributed by atoms with Gasteiger partial charge in [0.25, 0.3) is 0 Å². The molecule has 2 aliphatic heterocycles. The molecule has 2 fully saturated rings. The normalized spacial score (nSPS) is 17.8. The molecule has 0 atom stereocenters. The van der Waals surface area contributed by atoms with Crippen molar-refractivity contribution in [1.29, 1.82) is 0 Å². The minimum absolute atomic E-state index is 0.0938. The van der Waals surface area contributed by atoms with Gasteiger partial charge >= 0.3 is 0 Å². The number of piperidine rings is 1. The Kier molecular flexibility index (Phi) is 7.62. The smallest absolute Gasteiger partial charge is 0.248 e. The number of nitrogens with zero attached hydrogens (tertiary/aromatic N) is 5. The molecule has 200 valence electrons. The first-order chi connectivity index (χ1) is 18.3. The minimum atomic E-state index is -3.82. The van der Waals surface area contributed by atoms with Crippen molar-refractivity contribution < 1.29 is 17.7 Å². The van der Waals surface area contributed by atoms with Crippen LogP contribution in [0.25, 0.3) is 12.2 Å². The summed E-state index contributed by atoms with van der Waals surface area (Å²) in [5.74, 6) is 1.08. The molecular formula is C28H33N5O4S. The molecule has 9 nitrogen and oxygen atoms in total. The zero-order valence-corrected chi connectivity index (χ0v) is 22.6. The Bertz CT molecular complexity index is 1390. The molecule has 0 saturated carbocycles. The largest absolute Gasteiger partial charge is 0.355 e. The summed E-state index contributed by atoms with van der Waals surface area (Å²) in [6.45, 7) is 6.99. The molecule has 0 radical (unpaired) electrons. The van der Waals surface area contributed by atoms with Gasteiger partial charge in [-0.05, 0) is 50.5 Å². The number of aryl methyl sites for hydroxylation is 2. The number of hydrogen-bond donors (Lipinski definition) is 0. The third-order valence-corrected chi connectivity index (χ3v) is 9.36. The van der Waals surface area contributed by atoms with Crippen molar-refractivity contribution in [2.45, 2.75) is 31.6 Å². The number of aromatic nitrogens is 2. The lowest BCUT2D eigenvalue weighted by atomic mass is 9.96. The number of carbonyl (C=O) groups is 1. The highest BCUT2D eigenvalue weighted by Crippen LogP contribution is 2.30. The summed E-state index contributed by atoms with van der Waals surface area (Å²) < 4.78 is 34.0. The molecule has 2 saturated heterocycles. The van der Waals surface area contributed by atoms with Crippen LogP contribution in [0.2, 0.25) is 0 Å². The lowest BCUT2D eigenvalue weighted by Gasteiger charge is -2.38. The zero-order chi connectivity index (χ0) is 26.7. The molecule has 0 N–H and O–H groups in total. The molecule has 10 heteroatoms. The fourth-order valence-electron chi connectivity index (χ4n) is 5.08. The van der Waals surface area contributed by atoms with E-state index in [2.05, 4.69) is 15.0 Å². The van der Waals surface area contributed by atoms with Gasteiger partial charge < -0.3 is 14.3 Å². The van der Waals surface area contributed by atoms with Gasteiger partial charge in [0.05, 0.1) is 0 Å². The second-order valence-electron chi connectivity index (χ2n) is 9.88. The number of piperazine rings is 1. The monoisotopic (exact) mass is 535 g/mol. The first kappa shape index (κ1) is 26.1. The van der Waals surface area contributed by atoms with Crippen molar-refractivity contribution in [3.8, 4) is 0 Å². The van der Waals surface area contributed by atoms with Crippen LogP contribution in [-0.4, -0.2) is 72.9 Å². The SMILES string of the molecule is Cc1ccc(/C=C/c2onc(C)c2S(=O)(=O)N2CCC(C(=O)N3CCN(c4ccccn4)CC3)CC2)cc1. The van der Waals surface area contributed by atoms with Crippen molar-refractivity contribution in [3.05, 3.63) is 71.2 Å². The van der Waals surface area contributed by atoms with Gasteiger partial charge in [-0.2, -0.15) is 4.31 Å². The predicted octanol–water partition coefficient (Wildman–Crippen LogP) is 3.61. The summed E-state index contributed by atoms with van der Waals surface area (Å²) in [6.07, 6.45) is 6.24. The van der Waals surface area contributed by atoms with Gasteiger partial charge in [0, 0.05) is 51.4 Å². The van der Waals surface area contributed by atoms with E-state index in [-0.39, 0.29) is 22.5 Å². The summed E-state index contributed by atoms with van der Waals surface area (Å²) in [5.41, 5.74) is 2.42. The second kappa shape index (κ2) is 11.1. The van der Waals surface area contributed by atoms with E-state index in [1.165, 1.54) is 4.31 Å². The number of hydrogen-bond acceptors (Lipinski definition) is 7. The maximum Gasteiger partial charge on any atom is 0.248 e. The first-order valence-corrected chi connectivity index (χ1v) is 14.4. The van der Waals surface area contributed by atoms with E-state index in [1.807, 2.05) is 60.4 Å².